The first-order chi connectivity index (χ1) is 10.0. The molecule has 0 aromatic heterocycles. The Kier molecular flexibility index (Phi) is 109. The molecule has 2 aliphatic rings. The van der Waals surface area contributed by atoms with Crippen LogP contribution in [0.15, 0.2) is 48.6 Å². The molecule has 4 heteroatoms. The van der Waals surface area contributed by atoms with E-state index in [1.165, 1.54) is 51.4 Å². The van der Waals surface area contributed by atoms with Gasteiger partial charge in [-0.05, 0) is 51.4 Å². The van der Waals surface area contributed by atoms with Crippen molar-refractivity contribution in [3.8, 4) is 0 Å². The molecule has 0 amide bonds. The van der Waals surface area contributed by atoms with E-state index in [2.05, 4.69) is 48.6 Å². The van der Waals surface area contributed by atoms with Crippen LogP contribution in [0.25, 0.3) is 0 Å². The quantitative estimate of drug-likeness (QED) is 0.259. The molecule has 0 saturated carbocycles. The van der Waals surface area contributed by atoms with Crippen molar-refractivity contribution in [3.63, 3.8) is 0 Å². The topological polar surface area (TPSA) is 46.1 Å². The van der Waals surface area contributed by atoms with Crippen molar-refractivity contribution in [1.29, 1.82) is 0 Å². The molecule has 2 rings (SSSR count). The second-order valence-corrected chi connectivity index (χ2v) is 4.20. The van der Waals surface area contributed by atoms with Gasteiger partial charge >= 0.3 is 40.2 Å². The van der Waals surface area contributed by atoms with Crippen LogP contribution in [0.2, 0.25) is 0 Å². The van der Waals surface area contributed by atoms with Gasteiger partial charge in [0.25, 0.3) is 0 Å². The summed E-state index contributed by atoms with van der Waals surface area (Å²) in [6, 6.07) is 0. The van der Waals surface area contributed by atoms with Gasteiger partial charge < -0.3 is 39.9 Å². The van der Waals surface area contributed by atoms with Crippen LogP contribution in [0.5, 0.6) is 0 Å². The number of hydrogen-bond donors (Lipinski definition) is 0. The molecule has 0 aliphatic heterocycles. The summed E-state index contributed by atoms with van der Waals surface area (Å²) >= 11 is 0. The maximum atomic E-state index is 8.25. The van der Waals surface area contributed by atoms with E-state index in [9.17, 15) is 0 Å². The van der Waals surface area contributed by atoms with E-state index in [1.54, 1.807) is 0 Å². The van der Waals surface area contributed by atoms with Gasteiger partial charge in [0.1, 0.15) is 0 Å². The van der Waals surface area contributed by atoms with E-state index in [0.717, 1.165) is 14.2 Å². The molecule has 2 nitrogen and oxygen atoms in total. The molecule has 0 fully saturated rings. The third-order valence-corrected chi connectivity index (χ3v) is 2.67. The van der Waals surface area contributed by atoms with Crippen LogP contribution in [0, 0.1) is 29.7 Å². The molecule has 0 aromatic carbocycles. The van der Waals surface area contributed by atoms with Crippen LogP contribution in [-0.2, 0) is 40.2 Å². The summed E-state index contributed by atoms with van der Waals surface area (Å²) in [7, 11) is 1.50. The molecule has 0 N–H and O–H groups in total. The molecule has 0 spiro atoms. The zero-order chi connectivity index (χ0) is 15.3. The SMILES string of the molecule is C1=CCCC=CCC1.C1=CCCC=CCC1.C[O-].C[O-].[CH3-].[CH3-].[CH3-].[CH3-].[Ir+3].[Ir+3]. The van der Waals surface area contributed by atoms with Gasteiger partial charge in [-0.25, -0.2) is 0 Å². The van der Waals surface area contributed by atoms with Gasteiger partial charge in [-0.2, -0.15) is 14.2 Å². The Morgan fingerprint density at radius 1 is 0.346 bits per heavy atom. The van der Waals surface area contributed by atoms with Crippen LogP contribution < -0.4 is 10.2 Å². The largest absolute Gasteiger partial charge is 3.00 e. The van der Waals surface area contributed by atoms with E-state index in [4.69, 9.17) is 10.2 Å². The third-order valence-electron chi connectivity index (χ3n) is 2.67. The van der Waals surface area contributed by atoms with Gasteiger partial charge in [0, 0.05) is 0 Å². The molecular formula is C22H42Ir2O2. The van der Waals surface area contributed by atoms with Gasteiger partial charge in [-0.15, -0.1) is 0 Å². The molecule has 0 radical (unpaired) electrons. The first kappa shape index (κ1) is 50.2. The van der Waals surface area contributed by atoms with Gasteiger partial charge in [0.05, 0.1) is 0 Å². The van der Waals surface area contributed by atoms with Gasteiger partial charge in [0.15, 0.2) is 0 Å². The molecule has 160 valence electrons. The summed E-state index contributed by atoms with van der Waals surface area (Å²) in [5.41, 5.74) is 0. The molecule has 0 heterocycles. The zero-order valence-corrected chi connectivity index (χ0v) is 22.5. The van der Waals surface area contributed by atoms with Crippen LogP contribution >= 0.6 is 0 Å². The van der Waals surface area contributed by atoms with Gasteiger partial charge in [-0.3, -0.25) is 0 Å². The number of hydrogen-bond acceptors (Lipinski definition) is 2. The average Bonchev–Trinajstić information content (AvgIpc) is 2.42. The van der Waals surface area contributed by atoms with E-state index >= 15 is 0 Å². The van der Waals surface area contributed by atoms with Crippen LogP contribution in [-0.4, -0.2) is 14.2 Å². The van der Waals surface area contributed by atoms with E-state index < -0.39 is 0 Å². The zero-order valence-electron chi connectivity index (χ0n) is 17.8. The van der Waals surface area contributed by atoms with Crippen LogP contribution in [0.4, 0.5) is 0 Å². The maximum Gasteiger partial charge on any atom is 3.00 e. The predicted octanol–water partition coefficient (Wildman–Crippen LogP) is 5.09. The molecule has 26 heavy (non-hydrogen) atoms. The molecule has 0 saturated heterocycles. The molecule has 0 atom stereocenters. The maximum absolute atomic E-state index is 8.25. The Morgan fingerprint density at radius 2 is 0.423 bits per heavy atom. The summed E-state index contributed by atoms with van der Waals surface area (Å²) < 4.78 is 0. The number of rotatable bonds is 0. The second kappa shape index (κ2) is 56.2. The fourth-order valence-electron chi connectivity index (χ4n) is 1.71. The minimum atomic E-state index is 0. The molecule has 2 aliphatic carbocycles. The van der Waals surface area contributed by atoms with Crippen LogP contribution in [0.3, 0.4) is 0 Å². The Hall–Kier alpha value is 0.179. The first-order valence-corrected chi connectivity index (χ1v) is 7.42. The average molecular weight is 723 g/mol. The standard InChI is InChI=1S/2C8H12.2CH3O.4CH3.2Ir/c2*1-2-4-6-8-7-5-3-1;2*1-2;;;;;;/h2*1-2,7-8H,3-6H2;2*1H3;4*1H3;;/q;;6*-1;2*+3. The van der Waals surface area contributed by atoms with Crippen molar-refractivity contribution in [3.05, 3.63) is 78.3 Å². The summed E-state index contributed by atoms with van der Waals surface area (Å²) in [4.78, 5) is 0. The summed E-state index contributed by atoms with van der Waals surface area (Å²) in [6.07, 6.45) is 28.0. The Bertz CT molecular complexity index is 193. The number of allylic oxidation sites excluding steroid dienone is 8. The van der Waals surface area contributed by atoms with E-state index in [1.807, 2.05) is 0 Å². The fourth-order valence-corrected chi connectivity index (χ4v) is 1.71. The van der Waals surface area contributed by atoms with Crippen molar-refractivity contribution < 1.29 is 50.4 Å². The molecular weight excluding hydrogens is 681 g/mol. The Balaban J connectivity index is -0.0000000292. The van der Waals surface area contributed by atoms with Crippen molar-refractivity contribution in [2.45, 2.75) is 51.4 Å². The summed E-state index contributed by atoms with van der Waals surface area (Å²) in [6.45, 7) is 0. The van der Waals surface area contributed by atoms with E-state index in [0.29, 0.717) is 0 Å². The second-order valence-electron chi connectivity index (χ2n) is 4.20. The van der Waals surface area contributed by atoms with Gasteiger partial charge in [0.2, 0.25) is 0 Å². The van der Waals surface area contributed by atoms with Crippen molar-refractivity contribution >= 4 is 0 Å². The fraction of sp³-hybridized carbons (Fsp3) is 0.455. The van der Waals surface area contributed by atoms with Gasteiger partial charge in [-0.1, -0.05) is 48.6 Å². The molecule has 0 bridgehead atoms. The minimum Gasteiger partial charge on any atom is -0.857 e. The smallest absolute Gasteiger partial charge is 0.857 e. The van der Waals surface area contributed by atoms with Crippen molar-refractivity contribution in [1.82, 2.24) is 0 Å². The van der Waals surface area contributed by atoms with Crippen LogP contribution in [0.1, 0.15) is 51.4 Å². The minimum absolute atomic E-state index is 0. The Morgan fingerprint density at radius 3 is 0.500 bits per heavy atom. The third kappa shape index (κ3) is 49.6. The normalized spacial score (nSPS) is 12.8. The van der Waals surface area contributed by atoms with Crippen molar-refractivity contribution in [2.75, 3.05) is 14.2 Å². The summed E-state index contributed by atoms with van der Waals surface area (Å²) in [5.74, 6) is 0. The monoisotopic (exact) mass is 724 g/mol. The first-order valence-electron chi connectivity index (χ1n) is 7.42. The van der Waals surface area contributed by atoms with Crippen molar-refractivity contribution in [2.24, 2.45) is 0 Å². The summed E-state index contributed by atoms with van der Waals surface area (Å²) in [5, 5.41) is 16.5. The molecule has 0 aromatic rings. The Labute approximate surface area is 193 Å². The molecule has 0 unspecified atom stereocenters. The predicted molar refractivity (Wildman–Crippen MR) is 111 cm³/mol. The van der Waals surface area contributed by atoms with E-state index in [-0.39, 0.29) is 69.9 Å².